The number of carbonyl (C=O) groups excluding carboxylic acids is 1. The van der Waals surface area contributed by atoms with Crippen LogP contribution in [0.1, 0.15) is 11.4 Å². The zero-order chi connectivity index (χ0) is 13.8. The van der Waals surface area contributed by atoms with Crippen molar-refractivity contribution in [2.75, 3.05) is 0 Å². The van der Waals surface area contributed by atoms with Crippen LogP contribution in [0, 0.1) is 10.1 Å². The van der Waals surface area contributed by atoms with Crippen LogP contribution in [0.5, 0.6) is 0 Å². The minimum atomic E-state index is -0.484. The molecule has 0 saturated carbocycles. The zero-order valence-electron chi connectivity index (χ0n) is 10.0. The van der Waals surface area contributed by atoms with Crippen LogP contribution < -0.4 is 5.73 Å². The highest BCUT2D eigenvalue weighted by molar-refractivity contribution is 5.73. The van der Waals surface area contributed by atoms with E-state index < -0.39 is 10.8 Å². The van der Waals surface area contributed by atoms with E-state index in [-0.39, 0.29) is 18.7 Å². The molecule has 0 atom stereocenters. The summed E-state index contributed by atoms with van der Waals surface area (Å²) in [5.41, 5.74) is 5.71. The quantitative estimate of drug-likeness (QED) is 0.636. The summed E-state index contributed by atoms with van der Waals surface area (Å²) in [7, 11) is 0. The molecule has 0 unspecified atom stereocenters. The van der Waals surface area contributed by atoms with E-state index >= 15 is 0 Å². The number of carbonyl (C=O) groups is 1. The number of primary amides is 1. The van der Waals surface area contributed by atoms with Crippen LogP contribution in [0.2, 0.25) is 0 Å². The second-order valence-corrected chi connectivity index (χ2v) is 4.00. The van der Waals surface area contributed by atoms with E-state index in [4.69, 9.17) is 5.73 Å². The van der Waals surface area contributed by atoms with Crippen LogP contribution in [-0.4, -0.2) is 20.4 Å². The van der Waals surface area contributed by atoms with Gasteiger partial charge in [-0.3, -0.25) is 14.9 Å². The average Bonchev–Trinajstić information content (AvgIpc) is 2.76. The van der Waals surface area contributed by atoms with Gasteiger partial charge in [0.25, 0.3) is 5.69 Å². The van der Waals surface area contributed by atoms with Gasteiger partial charge in [-0.15, -0.1) is 0 Å². The fourth-order valence-electron chi connectivity index (χ4n) is 1.83. The number of nitro groups is 1. The molecule has 0 radical (unpaired) electrons. The van der Waals surface area contributed by atoms with Gasteiger partial charge in [0, 0.05) is 30.4 Å². The molecular formula is C12H12N4O3. The molecule has 1 heterocycles. The standard InChI is InChI=1S/C12H12N4O3/c13-11(17)8-15-6-5-14-12(15)7-9-3-1-2-4-10(9)16(18)19/h1-6H,7-8H2,(H2,13,17). The first-order valence-electron chi connectivity index (χ1n) is 5.58. The van der Waals surface area contributed by atoms with Crippen molar-refractivity contribution in [1.82, 2.24) is 9.55 Å². The summed E-state index contributed by atoms with van der Waals surface area (Å²) >= 11 is 0. The van der Waals surface area contributed by atoms with E-state index in [0.29, 0.717) is 11.4 Å². The lowest BCUT2D eigenvalue weighted by molar-refractivity contribution is -0.385. The number of hydrogen-bond acceptors (Lipinski definition) is 4. The number of aromatic nitrogens is 2. The maximum absolute atomic E-state index is 10.9. The minimum absolute atomic E-state index is 0.00989. The van der Waals surface area contributed by atoms with E-state index in [0.717, 1.165) is 0 Å². The first kappa shape index (κ1) is 12.7. The van der Waals surface area contributed by atoms with Crippen LogP contribution >= 0.6 is 0 Å². The molecule has 98 valence electrons. The number of hydrogen-bond donors (Lipinski definition) is 1. The van der Waals surface area contributed by atoms with Gasteiger partial charge in [0.2, 0.25) is 5.91 Å². The van der Waals surface area contributed by atoms with Crippen molar-refractivity contribution in [1.29, 1.82) is 0 Å². The van der Waals surface area contributed by atoms with Crippen LogP contribution in [0.25, 0.3) is 0 Å². The second kappa shape index (κ2) is 5.30. The number of nitrogens with two attached hydrogens (primary N) is 1. The van der Waals surface area contributed by atoms with Gasteiger partial charge in [0.15, 0.2) is 0 Å². The number of amides is 1. The molecule has 19 heavy (non-hydrogen) atoms. The monoisotopic (exact) mass is 260 g/mol. The molecule has 0 aliphatic carbocycles. The summed E-state index contributed by atoms with van der Waals surface area (Å²) < 4.78 is 1.58. The van der Waals surface area contributed by atoms with Gasteiger partial charge in [-0.1, -0.05) is 18.2 Å². The Labute approximate surface area is 108 Å². The topological polar surface area (TPSA) is 104 Å². The number of nitro benzene ring substituents is 1. The van der Waals surface area contributed by atoms with Crippen molar-refractivity contribution in [2.24, 2.45) is 5.73 Å². The summed E-state index contributed by atoms with van der Waals surface area (Å²) in [5.74, 6) is 0.0786. The molecule has 1 aromatic carbocycles. The predicted octanol–water partition coefficient (Wildman–Crippen LogP) is 0.867. The molecule has 7 heteroatoms. The largest absolute Gasteiger partial charge is 0.368 e. The molecule has 0 aliphatic heterocycles. The summed E-state index contributed by atoms with van der Waals surface area (Å²) in [6.45, 7) is 0.00989. The minimum Gasteiger partial charge on any atom is -0.368 e. The first-order chi connectivity index (χ1) is 9.08. The maximum Gasteiger partial charge on any atom is 0.273 e. The molecule has 0 saturated heterocycles. The van der Waals surface area contributed by atoms with Crippen LogP contribution in [0.15, 0.2) is 36.7 Å². The van der Waals surface area contributed by atoms with Gasteiger partial charge >= 0.3 is 0 Å². The smallest absolute Gasteiger partial charge is 0.273 e. The Bertz CT molecular complexity index is 621. The van der Waals surface area contributed by atoms with Gasteiger partial charge in [0.1, 0.15) is 12.4 Å². The Morgan fingerprint density at radius 2 is 2.16 bits per heavy atom. The Hall–Kier alpha value is -2.70. The third-order valence-corrected chi connectivity index (χ3v) is 2.66. The molecule has 2 aromatic rings. The molecule has 0 bridgehead atoms. The molecule has 0 spiro atoms. The van der Waals surface area contributed by atoms with E-state index in [2.05, 4.69) is 4.98 Å². The summed E-state index contributed by atoms with van der Waals surface area (Å²) in [6.07, 6.45) is 3.43. The molecule has 2 rings (SSSR count). The van der Waals surface area contributed by atoms with Crippen LogP contribution in [0.3, 0.4) is 0 Å². The highest BCUT2D eigenvalue weighted by Gasteiger charge is 2.15. The molecule has 0 aliphatic rings. The van der Waals surface area contributed by atoms with Crippen molar-refractivity contribution in [3.05, 3.63) is 58.2 Å². The fraction of sp³-hybridized carbons (Fsp3) is 0.167. The van der Waals surface area contributed by atoms with Gasteiger partial charge in [-0.25, -0.2) is 4.98 Å². The number of benzene rings is 1. The lowest BCUT2D eigenvalue weighted by atomic mass is 10.1. The van der Waals surface area contributed by atoms with Crippen LogP contribution in [-0.2, 0) is 17.8 Å². The first-order valence-corrected chi connectivity index (χ1v) is 5.58. The second-order valence-electron chi connectivity index (χ2n) is 4.00. The van der Waals surface area contributed by atoms with E-state index in [9.17, 15) is 14.9 Å². The molecule has 0 fully saturated rings. The van der Waals surface area contributed by atoms with Crippen molar-refractivity contribution in [3.63, 3.8) is 0 Å². The van der Waals surface area contributed by atoms with E-state index in [1.54, 1.807) is 29.0 Å². The molecular weight excluding hydrogens is 248 g/mol. The van der Waals surface area contributed by atoms with E-state index in [1.165, 1.54) is 12.3 Å². The molecule has 1 amide bonds. The average molecular weight is 260 g/mol. The Morgan fingerprint density at radius 3 is 2.84 bits per heavy atom. The Balaban J connectivity index is 2.29. The fourth-order valence-corrected chi connectivity index (χ4v) is 1.83. The lowest BCUT2D eigenvalue weighted by Gasteiger charge is -2.06. The van der Waals surface area contributed by atoms with E-state index in [1.807, 2.05) is 0 Å². The van der Waals surface area contributed by atoms with Crippen molar-refractivity contribution in [2.45, 2.75) is 13.0 Å². The summed E-state index contributed by atoms with van der Waals surface area (Å²) in [6, 6.07) is 6.44. The number of nitrogens with zero attached hydrogens (tertiary/aromatic N) is 3. The Morgan fingerprint density at radius 1 is 1.42 bits per heavy atom. The van der Waals surface area contributed by atoms with Crippen LogP contribution in [0.4, 0.5) is 5.69 Å². The van der Waals surface area contributed by atoms with Gasteiger partial charge in [-0.05, 0) is 0 Å². The third-order valence-electron chi connectivity index (χ3n) is 2.66. The summed E-state index contributed by atoms with van der Waals surface area (Å²) in [4.78, 5) is 25.5. The van der Waals surface area contributed by atoms with Gasteiger partial charge < -0.3 is 10.3 Å². The number of rotatable bonds is 5. The normalized spacial score (nSPS) is 10.3. The van der Waals surface area contributed by atoms with Crippen molar-refractivity contribution >= 4 is 11.6 Å². The Kier molecular flexibility index (Phi) is 3.56. The predicted molar refractivity (Wildman–Crippen MR) is 67.3 cm³/mol. The molecule has 2 N–H and O–H groups in total. The zero-order valence-corrected chi connectivity index (χ0v) is 10.0. The molecule has 7 nitrogen and oxygen atoms in total. The third kappa shape index (κ3) is 2.95. The maximum atomic E-state index is 10.9. The highest BCUT2D eigenvalue weighted by atomic mass is 16.6. The highest BCUT2D eigenvalue weighted by Crippen LogP contribution is 2.20. The van der Waals surface area contributed by atoms with Crippen molar-refractivity contribution < 1.29 is 9.72 Å². The lowest BCUT2D eigenvalue weighted by Crippen LogP contribution is -2.19. The SMILES string of the molecule is NC(=O)Cn1ccnc1Cc1ccccc1[N+](=O)[O-]. The number of imidazole rings is 1. The van der Waals surface area contributed by atoms with Crippen molar-refractivity contribution in [3.8, 4) is 0 Å². The van der Waals surface area contributed by atoms with Gasteiger partial charge in [0.05, 0.1) is 4.92 Å². The van der Waals surface area contributed by atoms with Gasteiger partial charge in [-0.2, -0.15) is 0 Å². The molecule has 1 aromatic heterocycles. The number of para-hydroxylation sites is 1. The summed E-state index contributed by atoms with van der Waals surface area (Å²) in [5, 5.41) is 10.9.